The standard InChI is InChI=1S/C19H26N4O2S/c1-4-15-6-8-16(9-7-15)17(24)14(3)26-19-21-20-18(23(19)5-2)22-10-12-25-13-11-22/h6-9,14H,4-5,10-13H2,1-3H3. The maximum Gasteiger partial charge on any atom is 0.228 e. The topological polar surface area (TPSA) is 60.3 Å². The molecule has 0 N–H and O–H groups in total. The zero-order chi connectivity index (χ0) is 18.5. The van der Waals surface area contributed by atoms with Crippen molar-refractivity contribution in [2.45, 2.75) is 44.1 Å². The second-order valence-electron chi connectivity index (χ2n) is 6.30. The minimum atomic E-state index is -0.213. The van der Waals surface area contributed by atoms with Gasteiger partial charge in [-0.1, -0.05) is 43.0 Å². The fraction of sp³-hybridized carbons (Fsp3) is 0.526. The number of anilines is 1. The van der Waals surface area contributed by atoms with Crippen LogP contribution >= 0.6 is 11.8 Å². The number of hydrogen-bond donors (Lipinski definition) is 0. The molecule has 6 nitrogen and oxygen atoms in total. The molecule has 3 rings (SSSR count). The first-order valence-corrected chi connectivity index (χ1v) is 10.1. The van der Waals surface area contributed by atoms with Gasteiger partial charge in [0.15, 0.2) is 10.9 Å². The minimum absolute atomic E-state index is 0.122. The normalized spacial score (nSPS) is 15.9. The Morgan fingerprint density at radius 1 is 1.19 bits per heavy atom. The van der Waals surface area contributed by atoms with Crippen LogP contribution in [0.3, 0.4) is 0 Å². The molecule has 1 saturated heterocycles. The molecule has 1 atom stereocenters. The first kappa shape index (κ1) is 18.9. The van der Waals surface area contributed by atoms with Gasteiger partial charge in [0.05, 0.1) is 18.5 Å². The molecule has 1 aliphatic heterocycles. The third-order valence-electron chi connectivity index (χ3n) is 4.61. The molecule has 1 aliphatic rings. The fourth-order valence-corrected chi connectivity index (χ4v) is 3.98. The van der Waals surface area contributed by atoms with E-state index in [1.165, 1.54) is 17.3 Å². The summed E-state index contributed by atoms with van der Waals surface area (Å²) in [6.45, 7) is 9.95. The largest absolute Gasteiger partial charge is 0.378 e. The van der Waals surface area contributed by atoms with Crippen molar-refractivity contribution in [2.24, 2.45) is 0 Å². The number of nitrogens with zero attached hydrogens (tertiary/aromatic N) is 4. The van der Waals surface area contributed by atoms with Crippen LogP contribution in [0.1, 0.15) is 36.7 Å². The number of aryl methyl sites for hydroxylation is 1. The van der Waals surface area contributed by atoms with E-state index < -0.39 is 0 Å². The van der Waals surface area contributed by atoms with E-state index in [1.54, 1.807) is 0 Å². The lowest BCUT2D eigenvalue weighted by atomic mass is 10.1. The fourth-order valence-electron chi connectivity index (χ4n) is 2.99. The summed E-state index contributed by atoms with van der Waals surface area (Å²) in [4.78, 5) is 14.9. The third kappa shape index (κ3) is 4.10. The molecule has 1 aromatic heterocycles. The molecular formula is C19H26N4O2S. The van der Waals surface area contributed by atoms with Gasteiger partial charge in [-0.15, -0.1) is 10.2 Å². The van der Waals surface area contributed by atoms with Crippen LogP contribution in [-0.4, -0.2) is 52.1 Å². The molecule has 1 fully saturated rings. The number of hydrogen-bond acceptors (Lipinski definition) is 6. The molecule has 2 aromatic rings. The van der Waals surface area contributed by atoms with E-state index in [0.717, 1.165) is 42.7 Å². The maximum atomic E-state index is 12.8. The molecule has 140 valence electrons. The zero-order valence-electron chi connectivity index (χ0n) is 15.6. The summed E-state index contributed by atoms with van der Waals surface area (Å²) >= 11 is 1.47. The van der Waals surface area contributed by atoms with Crippen LogP contribution in [0.4, 0.5) is 5.95 Å². The zero-order valence-corrected chi connectivity index (χ0v) is 16.5. The average molecular weight is 375 g/mol. The molecule has 0 aliphatic carbocycles. The van der Waals surface area contributed by atoms with E-state index in [2.05, 4.69) is 33.5 Å². The van der Waals surface area contributed by atoms with E-state index in [4.69, 9.17) is 4.74 Å². The van der Waals surface area contributed by atoms with Crippen molar-refractivity contribution in [3.05, 3.63) is 35.4 Å². The maximum absolute atomic E-state index is 12.8. The minimum Gasteiger partial charge on any atom is -0.378 e. The van der Waals surface area contributed by atoms with Crippen LogP contribution < -0.4 is 4.90 Å². The highest BCUT2D eigenvalue weighted by molar-refractivity contribution is 8.00. The molecule has 1 unspecified atom stereocenters. The number of Topliss-reactive ketones (excluding diaryl/α,β-unsaturated/α-hetero) is 1. The van der Waals surface area contributed by atoms with Gasteiger partial charge in [-0.05, 0) is 25.8 Å². The average Bonchev–Trinajstić information content (AvgIpc) is 3.10. The molecule has 0 saturated carbocycles. The molecule has 2 heterocycles. The Morgan fingerprint density at radius 3 is 2.50 bits per heavy atom. The number of carbonyl (C=O) groups is 1. The van der Waals surface area contributed by atoms with Crippen molar-refractivity contribution in [3.8, 4) is 0 Å². The molecule has 7 heteroatoms. The van der Waals surface area contributed by atoms with Crippen molar-refractivity contribution in [3.63, 3.8) is 0 Å². The highest BCUT2D eigenvalue weighted by Gasteiger charge is 2.23. The summed E-state index contributed by atoms with van der Waals surface area (Å²) in [5.41, 5.74) is 1.99. The van der Waals surface area contributed by atoms with Crippen molar-refractivity contribution < 1.29 is 9.53 Å². The predicted octanol–water partition coefficient (Wildman–Crippen LogP) is 3.06. The molecule has 0 bridgehead atoms. The molecule has 1 aromatic carbocycles. The van der Waals surface area contributed by atoms with Crippen LogP contribution in [0.2, 0.25) is 0 Å². The van der Waals surface area contributed by atoms with Crippen LogP contribution in [0, 0.1) is 0 Å². The van der Waals surface area contributed by atoms with Gasteiger partial charge in [0.1, 0.15) is 0 Å². The van der Waals surface area contributed by atoms with Gasteiger partial charge in [0.25, 0.3) is 0 Å². The molecule has 26 heavy (non-hydrogen) atoms. The van der Waals surface area contributed by atoms with Crippen LogP contribution in [0.15, 0.2) is 29.4 Å². The van der Waals surface area contributed by atoms with Gasteiger partial charge in [-0.25, -0.2) is 0 Å². The summed E-state index contributed by atoms with van der Waals surface area (Å²) in [5, 5.41) is 9.29. The Balaban J connectivity index is 1.72. The summed E-state index contributed by atoms with van der Waals surface area (Å²) in [6.07, 6.45) is 0.975. The quantitative estimate of drug-likeness (QED) is 0.548. The number of aromatic nitrogens is 3. The number of rotatable bonds is 7. The third-order valence-corrected chi connectivity index (χ3v) is 5.69. The van der Waals surface area contributed by atoms with Gasteiger partial charge in [0.2, 0.25) is 5.95 Å². The van der Waals surface area contributed by atoms with E-state index in [-0.39, 0.29) is 11.0 Å². The van der Waals surface area contributed by atoms with Crippen LogP contribution in [-0.2, 0) is 17.7 Å². The Bertz CT molecular complexity index is 738. The molecule has 0 amide bonds. The second kappa shape index (κ2) is 8.68. The van der Waals surface area contributed by atoms with Gasteiger partial charge in [0, 0.05) is 25.2 Å². The monoisotopic (exact) mass is 374 g/mol. The summed E-state index contributed by atoms with van der Waals surface area (Å²) in [7, 11) is 0. The number of ether oxygens (including phenoxy) is 1. The number of morpholine rings is 1. The van der Waals surface area contributed by atoms with E-state index in [0.29, 0.717) is 13.2 Å². The van der Waals surface area contributed by atoms with E-state index in [9.17, 15) is 4.79 Å². The SMILES string of the molecule is CCc1ccc(C(=O)C(C)Sc2nnc(N3CCOCC3)n2CC)cc1. The first-order valence-electron chi connectivity index (χ1n) is 9.19. The molecule has 0 spiro atoms. The first-order chi connectivity index (χ1) is 12.6. The molecular weight excluding hydrogens is 348 g/mol. The van der Waals surface area contributed by atoms with E-state index in [1.807, 2.05) is 31.2 Å². The summed E-state index contributed by atoms with van der Waals surface area (Å²) in [5.74, 6) is 0.987. The number of ketones is 1. The van der Waals surface area contributed by atoms with Crippen molar-refractivity contribution >= 4 is 23.5 Å². The van der Waals surface area contributed by atoms with E-state index >= 15 is 0 Å². The Labute approximate surface area is 158 Å². The van der Waals surface area contributed by atoms with Gasteiger partial charge >= 0.3 is 0 Å². The van der Waals surface area contributed by atoms with Gasteiger partial charge in [-0.3, -0.25) is 9.36 Å². The highest BCUT2D eigenvalue weighted by Crippen LogP contribution is 2.27. The van der Waals surface area contributed by atoms with Gasteiger partial charge in [-0.2, -0.15) is 0 Å². The highest BCUT2D eigenvalue weighted by atomic mass is 32.2. The number of thioether (sulfide) groups is 1. The lowest BCUT2D eigenvalue weighted by Crippen LogP contribution is -2.38. The van der Waals surface area contributed by atoms with Crippen molar-refractivity contribution in [2.75, 3.05) is 31.2 Å². The van der Waals surface area contributed by atoms with Crippen LogP contribution in [0.25, 0.3) is 0 Å². The predicted molar refractivity (Wildman–Crippen MR) is 104 cm³/mol. The Kier molecular flexibility index (Phi) is 6.32. The van der Waals surface area contributed by atoms with Crippen LogP contribution in [0.5, 0.6) is 0 Å². The number of benzene rings is 1. The summed E-state index contributed by atoms with van der Waals surface area (Å²) < 4.78 is 7.50. The summed E-state index contributed by atoms with van der Waals surface area (Å²) in [6, 6.07) is 7.88. The molecule has 0 radical (unpaired) electrons. The Morgan fingerprint density at radius 2 is 1.88 bits per heavy atom. The lowest BCUT2D eigenvalue weighted by molar-refractivity contribution is 0.0994. The van der Waals surface area contributed by atoms with Crippen molar-refractivity contribution in [1.29, 1.82) is 0 Å². The van der Waals surface area contributed by atoms with Gasteiger partial charge < -0.3 is 9.64 Å². The Hall–Kier alpha value is -1.86. The second-order valence-corrected chi connectivity index (χ2v) is 7.61. The number of carbonyl (C=O) groups excluding carboxylic acids is 1. The van der Waals surface area contributed by atoms with Crippen molar-refractivity contribution in [1.82, 2.24) is 14.8 Å². The smallest absolute Gasteiger partial charge is 0.228 e. The lowest BCUT2D eigenvalue weighted by Gasteiger charge is -2.27.